The Bertz CT molecular complexity index is 1220. The molecule has 2 aliphatic carbocycles. The Morgan fingerprint density at radius 3 is 2.26 bits per heavy atom. The van der Waals surface area contributed by atoms with Crippen LogP contribution in [0.15, 0.2) is 77.1 Å². The lowest BCUT2D eigenvalue weighted by Gasteiger charge is -2.37. The predicted octanol–water partition coefficient (Wildman–Crippen LogP) is 6.77. The van der Waals surface area contributed by atoms with Crippen LogP contribution in [0.1, 0.15) is 88.7 Å². The lowest BCUT2D eigenvalue weighted by molar-refractivity contribution is -0.146. The van der Waals surface area contributed by atoms with Crippen LogP contribution >= 0.6 is 0 Å². The van der Waals surface area contributed by atoms with E-state index >= 15 is 0 Å². The van der Waals surface area contributed by atoms with Gasteiger partial charge in [-0.3, -0.25) is 4.79 Å². The van der Waals surface area contributed by atoms with Crippen molar-refractivity contribution in [1.29, 1.82) is 0 Å². The standard InChI is InChI=1S/C33H40N2O3/c1-4-35(5-2)26-18-16-24(17-19-26)31-30(33(37)38-27-14-10-7-11-15-27)22(3)34-28-20-25(21-29(36)32(28)31)23-12-8-6-9-13-23/h6,8-9,12-13,16-19,25,27,31,34H,4-5,7,10-11,14-15,20-21H2,1-3H3. The average Bonchev–Trinajstić information content (AvgIpc) is 2.94. The van der Waals surface area contributed by atoms with E-state index in [1.165, 1.54) is 12.0 Å². The van der Waals surface area contributed by atoms with Crippen LogP contribution < -0.4 is 10.2 Å². The predicted molar refractivity (Wildman–Crippen MR) is 152 cm³/mol. The fourth-order valence-electron chi connectivity index (χ4n) is 6.47. The topological polar surface area (TPSA) is 58.6 Å². The van der Waals surface area contributed by atoms with Crippen LogP contribution in [-0.2, 0) is 14.3 Å². The number of Topliss-reactive ketones (excluding diaryl/α,β-unsaturated/α-hetero) is 1. The zero-order chi connectivity index (χ0) is 26.6. The van der Waals surface area contributed by atoms with Gasteiger partial charge in [0.05, 0.1) is 5.57 Å². The maximum Gasteiger partial charge on any atom is 0.337 e. The molecule has 0 amide bonds. The molecule has 2 aromatic carbocycles. The summed E-state index contributed by atoms with van der Waals surface area (Å²) in [6, 6.07) is 18.7. The van der Waals surface area contributed by atoms with Gasteiger partial charge in [0.25, 0.3) is 0 Å². The first-order valence-corrected chi connectivity index (χ1v) is 14.3. The third-order valence-corrected chi connectivity index (χ3v) is 8.50. The molecule has 5 heteroatoms. The number of allylic oxidation sites excluding steroid dienone is 3. The lowest BCUT2D eigenvalue weighted by atomic mass is 9.71. The summed E-state index contributed by atoms with van der Waals surface area (Å²) in [6.45, 7) is 8.11. The molecule has 1 aliphatic heterocycles. The van der Waals surface area contributed by atoms with Crippen LogP contribution in [0.5, 0.6) is 0 Å². The van der Waals surface area contributed by atoms with Crippen molar-refractivity contribution in [1.82, 2.24) is 5.32 Å². The highest BCUT2D eigenvalue weighted by molar-refractivity contribution is 6.04. The van der Waals surface area contributed by atoms with Crippen LogP contribution in [0, 0.1) is 0 Å². The summed E-state index contributed by atoms with van der Waals surface area (Å²) in [5.74, 6) is -0.466. The number of rotatable bonds is 7. The number of ether oxygens (including phenoxy) is 1. The molecule has 0 aromatic heterocycles. The Morgan fingerprint density at radius 2 is 1.61 bits per heavy atom. The Hall–Kier alpha value is -3.34. The number of carbonyl (C=O) groups is 2. The second-order valence-electron chi connectivity index (χ2n) is 10.9. The molecule has 2 aromatic rings. The number of carbonyl (C=O) groups excluding carboxylic acids is 2. The van der Waals surface area contributed by atoms with Crippen LogP contribution in [-0.4, -0.2) is 30.9 Å². The number of hydrogen-bond donors (Lipinski definition) is 1. The zero-order valence-electron chi connectivity index (χ0n) is 23.0. The van der Waals surface area contributed by atoms with Crippen molar-refractivity contribution in [3.63, 3.8) is 0 Å². The van der Waals surface area contributed by atoms with E-state index in [1.54, 1.807) is 0 Å². The first-order valence-electron chi connectivity index (χ1n) is 14.3. The van der Waals surface area contributed by atoms with Gasteiger partial charge in [-0.2, -0.15) is 0 Å². The van der Waals surface area contributed by atoms with E-state index in [9.17, 15) is 9.59 Å². The highest BCUT2D eigenvalue weighted by Crippen LogP contribution is 2.46. The molecule has 1 heterocycles. The highest BCUT2D eigenvalue weighted by atomic mass is 16.5. The highest BCUT2D eigenvalue weighted by Gasteiger charge is 2.42. The van der Waals surface area contributed by atoms with Crippen LogP contribution in [0.4, 0.5) is 5.69 Å². The van der Waals surface area contributed by atoms with E-state index in [4.69, 9.17) is 4.74 Å². The summed E-state index contributed by atoms with van der Waals surface area (Å²) in [5, 5.41) is 3.49. The second kappa shape index (κ2) is 11.6. The van der Waals surface area contributed by atoms with Gasteiger partial charge in [-0.25, -0.2) is 4.79 Å². The van der Waals surface area contributed by atoms with Crippen LogP contribution in [0.25, 0.3) is 0 Å². The van der Waals surface area contributed by atoms with Crippen molar-refractivity contribution < 1.29 is 14.3 Å². The minimum Gasteiger partial charge on any atom is -0.459 e. The molecule has 38 heavy (non-hydrogen) atoms. The summed E-state index contributed by atoms with van der Waals surface area (Å²) in [5.41, 5.74) is 6.34. The molecule has 0 bridgehead atoms. The van der Waals surface area contributed by atoms with Crippen molar-refractivity contribution in [2.45, 2.75) is 83.7 Å². The SMILES string of the molecule is CCN(CC)c1ccc(C2C(C(=O)OC3CCCCC3)=C(C)NC3=C2C(=O)CC(c2ccccc2)C3)cc1. The molecular weight excluding hydrogens is 472 g/mol. The van der Waals surface area contributed by atoms with E-state index in [1.807, 2.05) is 25.1 Å². The van der Waals surface area contributed by atoms with Gasteiger partial charge in [-0.15, -0.1) is 0 Å². The summed E-state index contributed by atoms with van der Waals surface area (Å²) in [7, 11) is 0. The number of esters is 1. The molecule has 0 saturated heterocycles. The first-order chi connectivity index (χ1) is 18.5. The van der Waals surface area contributed by atoms with Crippen molar-refractivity contribution in [3.05, 3.63) is 88.3 Å². The number of dihydropyridines is 1. The normalized spacial score (nSPS) is 22.1. The zero-order valence-corrected chi connectivity index (χ0v) is 23.0. The first kappa shape index (κ1) is 26.3. The van der Waals surface area contributed by atoms with E-state index < -0.39 is 5.92 Å². The summed E-state index contributed by atoms with van der Waals surface area (Å²) < 4.78 is 6.08. The fraction of sp³-hybridized carbons (Fsp3) is 0.455. The molecule has 2 atom stereocenters. The van der Waals surface area contributed by atoms with Crippen LogP contribution in [0.2, 0.25) is 0 Å². The Balaban J connectivity index is 1.52. The molecule has 2 unspecified atom stereocenters. The molecule has 0 radical (unpaired) electrons. The van der Waals surface area contributed by atoms with Gasteiger partial charge in [0, 0.05) is 48.1 Å². The van der Waals surface area contributed by atoms with Gasteiger partial charge in [-0.05, 0) is 82.1 Å². The van der Waals surface area contributed by atoms with Crippen molar-refractivity contribution in [2.75, 3.05) is 18.0 Å². The van der Waals surface area contributed by atoms with E-state index in [0.717, 1.165) is 73.4 Å². The molecule has 1 fully saturated rings. The summed E-state index contributed by atoms with van der Waals surface area (Å²) >= 11 is 0. The van der Waals surface area contributed by atoms with Crippen molar-refractivity contribution in [3.8, 4) is 0 Å². The fourth-order valence-corrected chi connectivity index (χ4v) is 6.47. The maximum atomic E-state index is 13.8. The molecule has 1 N–H and O–H groups in total. The molecule has 5 rings (SSSR count). The van der Waals surface area contributed by atoms with E-state index in [0.29, 0.717) is 12.0 Å². The Labute approximate surface area is 227 Å². The average molecular weight is 513 g/mol. The van der Waals surface area contributed by atoms with E-state index in [2.05, 4.69) is 60.5 Å². The van der Waals surface area contributed by atoms with E-state index in [-0.39, 0.29) is 23.8 Å². The molecule has 5 nitrogen and oxygen atoms in total. The third-order valence-electron chi connectivity index (χ3n) is 8.50. The minimum atomic E-state index is -0.419. The quantitative estimate of drug-likeness (QED) is 0.415. The second-order valence-corrected chi connectivity index (χ2v) is 10.9. The molecule has 1 saturated carbocycles. The smallest absolute Gasteiger partial charge is 0.337 e. The minimum absolute atomic E-state index is 0.0397. The Kier molecular flexibility index (Phi) is 8.01. The molecule has 3 aliphatic rings. The molecular formula is C33H40N2O3. The third kappa shape index (κ3) is 5.29. The number of hydrogen-bond acceptors (Lipinski definition) is 5. The number of nitrogens with zero attached hydrogens (tertiary/aromatic N) is 1. The Morgan fingerprint density at radius 1 is 0.921 bits per heavy atom. The van der Waals surface area contributed by atoms with Gasteiger partial charge < -0.3 is 15.0 Å². The van der Waals surface area contributed by atoms with Crippen molar-refractivity contribution in [2.24, 2.45) is 0 Å². The largest absolute Gasteiger partial charge is 0.459 e. The number of ketones is 1. The van der Waals surface area contributed by atoms with Gasteiger partial charge in [0.15, 0.2) is 5.78 Å². The van der Waals surface area contributed by atoms with Crippen LogP contribution in [0.3, 0.4) is 0 Å². The monoisotopic (exact) mass is 512 g/mol. The van der Waals surface area contributed by atoms with Gasteiger partial charge in [0.1, 0.15) is 6.10 Å². The number of nitrogens with one attached hydrogen (secondary N) is 1. The number of benzene rings is 2. The maximum absolute atomic E-state index is 13.8. The summed E-state index contributed by atoms with van der Waals surface area (Å²) in [4.78, 5) is 29.9. The summed E-state index contributed by atoms with van der Waals surface area (Å²) in [6.07, 6.45) is 6.39. The van der Waals surface area contributed by atoms with Crippen molar-refractivity contribution >= 4 is 17.4 Å². The molecule has 0 spiro atoms. The van der Waals surface area contributed by atoms with Gasteiger partial charge in [0.2, 0.25) is 0 Å². The molecule has 200 valence electrons. The van der Waals surface area contributed by atoms with Gasteiger partial charge in [-0.1, -0.05) is 48.9 Å². The number of anilines is 1. The lowest BCUT2D eigenvalue weighted by Crippen LogP contribution is -2.37. The van der Waals surface area contributed by atoms with Gasteiger partial charge >= 0.3 is 5.97 Å².